The summed E-state index contributed by atoms with van der Waals surface area (Å²) in [5.41, 5.74) is 0.215. The zero-order valence-corrected chi connectivity index (χ0v) is 18.3. The van der Waals surface area contributed by atoms with Crippen LogP contribution in [0.4, 0.5) is 4.39 Å². The summed E-state index contributed by atoms with van der Waals surface area (Å²) in [4.78, 5) is 29.0. The molecule has 0 saturated carbocycles. The highest BCUT2D eigenvalue weighted by molar-refractivity contribution is 6.46. The minimum atomic E-state index is -1.04. The van der Waals surface area contributed by atoms with Crippen molar-refractivity contribution in [2.75, 3.05) is 34.3 Å². The fraction of sp³-hybridized carbons (Fsp3) is 0.304. The number of hydrogen-bond acceptors (Lipinski definition) is 5. The van der Waals surface area contributed by atoms with Crippen LogP contribution in [-0.4, -0.2) is 60.9 Å². The van der Waals surface area contributed by atoms with Gasteiger partial charge in [-0.2, -0.15) is 0 Å². The molecule has 6 nitrogen and oxygen atoms in total. The van der Waals surface area contributed by atoms with Gasteiger partial charge in [0.25, 0.3) is 11.7 Å². The van der Waals surface area contributed by atoms with Crippen LogP contribution in [0.5, 0.6) is 5.75 Å². The predicted octanol–water partition coefficient (Wildman–Crippen LogP) is 3.86. The summed E-state index contributed by atoms with van der Waals surface area (Å²) < 4.78 is 19.8. The fourth-order valence-corrected chi connectivity index (χ4v) is 3.91. The first-order chi connectivity index (χ1) is 14.8. The number of halogens is 2. The van der Waals surface area contributed by atoms with Gasteiger partial charge >= 0.3 is 0 Å². The second kappa shape index (κ2) is 9.49. The molecule has 3 rings (SSSR count). The third-order valence-corrected chi connectivity index (χ3v) is 5.46. The molecule has 8 heteroatoms. The molecule has 0 radical (unpaired) electrons. The minimum absolute atomic E-state index is 0.146. The summed E-state index contributed by atoms with van der Waals surface area (Å²) in [6.45, 7) is 0.920. The number of ether oxygens (including phenoxy) is 1. The molecule has 2 aromatic carbocycles. The van der Waals surface area contributed by atoms with Gasteiger partial charge in [0.1, 0.15) is 17.3 Å². The monoisotopic (exact) mass is 446 g/mol. The van der Waals surface area contributed by atoms with Crippen molar-refractivity contribution < 1.29 is 23.8 Å². The Bertz CT molecular complexity index is 1040. The number of nitrogens with zero attached hydrogens (tertiary/aromatic N) is 2. The summed E-state index contributed by atoms with van der Waals surface area (Å²) in [5.74, 6) is -2.21. The molecule has 1 N–H and O–H groups in total. The maximum Gasteiger partial charge on any atom is 0.295 e. The molecule has 1 heterocycles. The molecule has 0 spiro atoms. The Morgan fingerprint density at radius 2 is 1.94 bits per heavy atom. The Balaban J connectivity index is 2.13. The van der Waals surface area contributed by atoms with Crippen LogP contribution in [0, 0.1) is 5.82 Å². The predicted molar refractivity (Wildman–Crippen MR) is 117 cm³/mol. The summed E-state index contributed by atoms with van der Waals surface area (Å²) in [7, 11) is 5.25. The Morgan fingerprint density at radius 1 is 1.23 bits per heavy atom. The summed E-state index contributed by atoms with van der Waals surface area (Å²) in [6, 6.07) is 9.40. The van der Waals surface area contributed by atoms with E-state index in [-0.39, 0.29) is 28.3 Å². The van der Waals surface area contributed by atoms with Crippen molar-refractivity contribution in [3.63, 3.8) is 0 Å². The van der Waals surface area contributed by atoms with Crippen LogP contribution in [0.1, 0.15) is 23.6 Å². The smallest absolute Gasteiger partial charge is 0.295 e. The number of Topliss-reactive ketones (excluding diaryl/α,β-unsaturated/α-hetero) is 1. The molecule has 1 saturated heterocycles. The van der Waals surface area contributed by atoms with Crippen molar-refractivity contribution in [2.24, 2.45) is 0 Å². The number of hydrogen-bond donors (Lipinski definition) is 1. The average molecular weight is 447 g/mol. The first-order valence-corrected chi connectivity index (χ1v) is 10.2. The van der Waals surface area contributed by atoms with E-state index in [1.54, 1.807) is 12.1 Å². The maximum atomic E-state index is 14.7. The summed E-state index contributed by atoms with van der Waals surface area (Å²) in [5, 5.41) is 11.2. The maximum absolute atomic E-state index is 14.7. The number of amides is 1. The molecule has 0 aromatic heterocycles. The van der Waals surface area contributed by atoms with Crippen LogP contribution >= 0.6 is 11.6 Å². The number of ketones is 1. The topological polar surface area (TPSA) is 70.1 Å². The quantitative estimate of drug-likeness (QED) is 0.397. The number of carbonyl (C=O) groups excluding carboxylic acids is 2. The summed E-state index contributed by atoms with van der Waals surface area (Å²) >= 11 is 6.17. The van der Waals surface area contributed by atoms with E-state index in [0.717, 1.165) is 0 Å². The van der Waals surface area contributed by atoms with Gasteiger partial charge in [-0.1, -0.05) is 29.8 Å². The highest BCUT2D eigenvalue weighted by Crippen LogP contribution is 2.41. The normalized spacial score (nSPS) is 18.1. The van der Waals surface area contributed by atoms with Crippen LogP contribution in [0.25, 0.3) is 5.76 Å². The molecule has 1 fully saturated rings. The third kappa shape index (κ3) is 4.57. The van der Waals surface area contributed by atoms with Crippen LogP contribution < -0.4 is 4.74 Å². The van der Waals surface area contributed by atoms with Gasteiger partial charge in [0.15, 0.2) is 0 Å². The number of benzene rings is 2. The van der Waals surface area contributed by atoms with Gasteiger partial charge in [0, 0.05) is 17.7 Å². The van der Waals surface area contributed by atoms with Crippen molar-refractivity contribution in [1.82, 2.24) is 9.80 Å². The lowest BCUT2D eigenvalue weighted by molar-refractivity contribution is -0.140. The number of aliphatic hydroxyl groups is 1. The molecule has 1 aliphatic heterocycles. The lowest BCUT2D eigenvalue weighted by atomic mass is 9.95. The molecule has 2 aromatic rings. The number of likely N-dealkylation sites (tertiary alicyclic amines) is 1. The lowest BCUT2D eigenvalue weighted by Gasteiger charge is -2.26. The highest BCUT2D eigenvalue weighted by atomic mass is 35.5. The van der Waals surface area contributed by atoms with Crippen molar-refractivity contribution in [3.05, 3.63) is 70.0 Å². The molecule has 0 bridgehead atoms. The second-order valence-corrected chi connectivity index (χ2v) is 7.93. The number of rotatable bonds is 7. The largest absolute Gasteiger partial charge is 0.507 e. The Kier molecular flexibility index (Phi) is 6.97. The van der Waals surface area contributed by atoms with Crippen LogP contribution in [-0.2, 0) is 9.59 Å². The Labute approximate surface area is 185 Å². The molecule has 164 valence electrons. The number of carbonyl (C=O) groups is 2. The molecule has 31 heavy (non-hydrogen) atoms. The molecule has 1 aliphatic rings. The van der Waals surface area contributed by atoms with E-state index in [1.165, 1.54) is 42.3 Å². The van der Waals surface area contributed by atoms with E-state index in [4.69, 9.17) is 16.3 Å². The molecule has 0 aliphatic carbocycles. The minimum Gasteiger partial charge on any atom is -0.507 e. The van der Waals surface area contributed by atoms with E-state index in [1.807, 2.05) is 19.0 Å². The molecule has 1 amide bonds. The molecular formula is C23H24ClFN2O4. The number of methoxy groups -OCH3 is 1. The van der Waals surface area contributed by atoms with Gasteiger partial charge in [-0.3, -0.25) is 9.59 Å². The first-order valence-electron chi connectivity index (χ1n) is 9.77. The Hall–Kier alpha value is -2.90. The van der Waals surface area contributed by atoms with Crippen LogP contribution in [0.15, 0.2) is 48.0 Å². The van der Waals surface area contributed by atoms with E-state index in [0.29, 0.717) is 18.7 Å². The van der Waals surface area contributed by atoms with Gasteiger partial charge in [-0.05, 0) is 51.3 Å². The molecular weight excluding hydrogens is 423 g/mol. The SMILES string of the molecule is COc1ccc(/C(O)=C2/C(=O)C(=O)N(CCCN(C)C)C2c2ccccc2F)cc1Cl. The number of aliphatic hydroxyl groups excluding tert-OH is 1. The summed E-state index contributed by atoms with van der Waals surface area (Å²) in [6.07, 6.45) is 0.583. The van der Waals surface area contributed by atoms with Gasteiger partial charge in [-0.25, -0.2) is 4.39 Å². The highest BCUT2D eigenvalue weighted by Gasteiger charge is 2.46. The van der Waals surface area contributed by atoms with E-state index in [9.17, 15) is 19.1 Å². The van der Waals surface area contributed by atoms with Crippen LogP contribution in [0.2, 0.25) is 5.02 Å². The van der Waals surface area contributed by atoms with Gasteiger partial charge in [0.05, 0.1) is 23.7 Å². The van der Waals surface area contributed by atoms with Gasteiger partial charge in [0.2, 0.25) is 0 Å². The van der Waals surface area contributed by atoms with Gasteiger partial charge < -0.3 is 19.6 Å². The van der Waals surface area contributed by atoms with Crippen molar-refractivity contribution in [1.29, 1.82) is 0 Å². The standard InChI is InChI=1S/C23H24ClFN2O4/c1-26(2)11-6-12-27-20(15-7-4-5-8-17(15)25)19(22(29)23(27)30)21(28)14-9-10-18(31-3)16(24)13-14/h4-5,7-10,13,20,28H,6,11-12H2,1-3H3/b21-19-. The van der Waals surface area contributed by atoms with Gasteiger partial charge in [-0.15, -0.1) is 0 Å². The lowest BCUT2D eigenvalue weighted by Crippen LogP contribution is -2.32. The van der Waals surface area contributed by atoms with Crippen molar-refractivity contribution in [2.45, 2.75) is 12.5 Å². The van der Waals surface area contributed by atoms with E-state index in [2.05, 4.69) is 0 Å². The zero-order chi connectivity index (χ0) is 22.7. The van der Waals surface area contributed by atoms with Crippen molar-refractivity contribution in [3.8, 4) is 5.75 Å². The molecule has 1 atom stereocenters. The van der Waals surface area contributed by atoms with Crippen LogP contribution in [0.3, 0.4) is 0 Å². The fourth-order valence-electron chi connectivity index (χ4n) is 3.66. The Morgan fingerprint density at radius 3 is 2.55 bits per heavy atom. The average Bonchev–Trinajstić information content (AvgIpc) is 2.98. The zero-order valence-electron chi connectivity index (χ0n) is 17.6. The van der Waals surface area contributed by atoms with E-state index >= 15 is 0 Å². The van der Waals surface area contributed by atoms with Crippen molar-refractivity contribution >= 4 is 29.1 Å². The third-order valence-electron chi connectivity index (χ3n) is 5.17. The second-order valence-electron chi connectivity index (χ2n) is 7.52. The van der Waals surface area contributed by atoms with E-state index < -0.39 is 29.3 Å². The molecule has 1 unspecified atom stereocenters. The first kappa shape index (κ1) is 22.8.